The molecule has 112 valence electrons. The zero-order valence-corrected chi connectivity index (χ0v) is 12.0. The highest BCUT2D eigenvalue weighted by molar-refractivity contribution is 5.85. The van der Waals surface area contributed by atoms with Crippen molar-refractivity contribution in [1.82, 2.24) is 4.98 Å². The highest BCUT2D eigenvalue weighted by Crippen LogP contribution is 2.26. The maximum Gasteiger partial charge on any atom is 0.328 e. The van der Waals surface area contributed by atoms with Crippen LogP contribution in [0.4, 0.5) is 5.82 Å². The molecule has 21 heavy (non-hydrogen) atoms. The number of hydrogen-bond donors (Lipinski definition) is 2. The summed E-state index contributed by atoms with van der Waals surface area (Å²) in [6, 6.07) is 1.54. The molecule has 1 amide bonds. The standard InChI is InChI=1S/C15H19N3O3/c1-10-8-11(5-6-13(19)20)9-17-15(10)18-7-3-2-4-12(18)14(16)21/h5-6,8-9,12H,2-4,7H2,1H3,(H2,16,21)(H,19,20)/b6-5+. The van der Waals surface area contributed by atoms with Crippen LogP contribution in [0.5, 0.6) is 0 Å². The van der Waals surface area contributed by atoms with Gasteiger partial charge in [-0.2, -0.15) is 0 Å². The van der Waals surface area contributed by atoms with Crippen molar-refractivity contribution >= 4 is 23.8 Å². The van der Waals surface area contributed by atoms with Gasteiger partial charge < -0.3 is 15.7 Å². The van der Waals surface area contributed by atoms with Crippen molar-refractivity contribution in [2.24, 2.45) is 5.73 Å². The van der Waals surface area contributed by atoms with Crippen LogP contribution in [0, 0.1) is 6.92 Å². The molecule has 0 aromatic carbocycles. The van der Waals surface area contributed by atoms with Crippen molar-refractivity contribution in [3.63, 3.8) is 0 Å². The van der Waals surface area contributed by atoms with E-state index in [1.54, 1.807) is 6.20 Å². The van der Waals surface area contributed by atoms with Gasteiger partial charge in [0.05, 0.1) is 0 Å². The van der Waals surface area contributed by atoms with E-state index in [9.17, 15) is 9.59 Å². The summed E-state index contributed by atoms with van der Waals surface area (Å²) in [6.07, 6.45) is 6.91. The number of rotatable bonds is 4. The largest absolute Gasteiger partial charge is 0.478 e. The zero-order valence-electron chi connectivity index (χ0n) is 12.0. The second-order valence-corrected chi connectivity index (χ2v) is 5.19. The summed E-state index contributed by atoms with van der Waals surface area (Å²) in [4.78, 5) is 28.4. The molecule has 6 heteroatoms. The van der Waals surface area contributed by atoms with Crippen molar-refractivity contribution in [1.29, 1.82) is 0 Å². The number of aromatic nitrogens is 1. The van der Waals surface area contributed by atoms with Crippen molar-refractivity contribution in [3.05, 3.63) is 29.5 Å². The number of hydrogen-bond acceptors (Lipinski definition) is 4. The molecule has 0 aliphatic carbocycles. The number of carbonyl (C=O) groups is 2. The summed E-state index contributed by atoms with van der Waals surface area (Å²) in [5, 5.41) is 8.63. The van der Waals surface area contributed by atoms with E-state index in [0.29, 0.717) is 5.56 Å². The van der Waals surface area contributed by atoms with Gasteiger partial charge in [-0.3, -0.25) is 4.79 Å². The minimum Gasteiger partial charge on any atom is -0.478 e. The number of aryl methyl sites for hydroxylation is 1. The SMILES string of the molecule is Cc1cc(/C=C/C(=O)O)cnc1N1CCCCC1C(N)=O. The molecule has 2 heterocycles. The lowest BCUT2D eigenvalue weighted by molar-refractivity contribution is -0.131. The fourth-order valence-electron chi connectivity index (χ4n) is 2.63. The lowest BCUT2D eigenvalue weighted by Crippen LogP contribution is -2.48. The van der Waals surface area contributed by atoms with E-state index < -0.39 is 5.97 Å². The predicted octanol–water partition coefficient (Wildman–Crippen LogP) is 1.33. The Hall–Kier alpha value is -2.37. The monoisotopic (exact) mass is 289 g/mol. The van der Waals surface area contributed by atoms with Gasteiger partial charge in [0.2, 0.25) is 5.91 Å². The number of pyridine rings is 1. The molecule has 1 fully saturated rings. The Bertz CT molecular complexity index is 584. The van der Waals surface area contributed by atoms with Gasteiger partial charge in [-0.1, -0.05) is 0 Å². The van der Waals surface area contributed by atoms with Gasteiger partial charge >= 0.3 is 5.97 Å². The third-order valence-electron chi connectivity index (χ3n) is 3.59. The number of aliphatic carboxylic acids is 1. The first kappa shape index (κ1) is 15.0. The number of primary amides is 1. The van der Waals surface area contributed by atoms with Crippen LogP contribution in [0.1, 0.15) is 30.4 Å². The molecule has 6 nitrogen and oxygen atoms in total. The molecule has 1 saturated heterocycles. The fraction of sp³-hybridized carbons (Fsp3) is 0.400. The van der Waals surface area contributed by atoms with E-state index in [1.807, 2.05) is 17.9 Å². The fourth-order valence-corrected chi connectivity index (χ4v) is 2.63. The Labute approximate surface area is 123 Å². The first-order valence-electron chi connectivity index (χ1n) is 6.92. The third-order valence-corrected chi connectivity index (χ3v) is 3.59. The zero-order chi connectivity index (χ0) is 15.4. The van der Waals surface area contributed by atoms with E-state index >= 15 is 0 Å². The second-order valence-electron chi connectivity index (χ2n) is 5.19. The van der Waals surface area contributed by atoms with Crippen LogP contribution in [0.25, 0.3) is 6.08 Å². The molecule has 0 spiro atoms. The van der Waals surface area contributed by atoms with E-state index in [4.69, 9.17) is 10.8 Å². The van der Waals surface area contributed by atoms with E-state index in [1.165, 1.54) is 6.08 Å². The number of anilines is 1. The smallest absolute Gasteiger partial charge is 0.328 e. The molecular weight excluding hydrogens is 270 g/mol. The molecule has 1 aromatic rings. The summed E-state index contributed by atoms with van der Waals surface area (Å²) in [5.74, 6) is -0.585. The highest BCUT2D eigenvalue weighted by Gasteiger charge is 2.28. The molecule has 0 bridgehead atoms. The normalized spacial score (nSPS) is 18.9. The Kier molecular flexibility index (Phi) is 4.57. The topological polar surface area (TPSA) is 96.5 Å². The van der Waals surface area contributed by atoms with Gasteiger partial charge in [0.25, 0.3) is 0 Å². The molecule has 1 unspecified atom stereocenters. The number of amides is 1. The quantitative estimate of drug-likeness (QED) is 0.815. The van der Waals surface area contributed by atoms with E-state index in [0.717, 1.165) is 43.3 Å². The minimum atomic E-state index is -0.999. The molecule has 2 rings (SSSR count). The Morgan fingerprint density at radius 1 is 1.48 bits per heavy atom. The number of piperidine rings is 1. The average molecular weight is 289 g/mol. The van der Waals surface area contributed by atoms with Crippen LogP contribution in [-0.2, 0) is 9.59 Å². The number of carboxylic acids is 1. The Morgan fingerprint density at radius 3 is 2.86 bits per heavy atom. The molecule has 0 saturated carbocycles. The first-order valence-corrected chi connectivity index (χ1v) is 6.92. The number of carboxylic acid groups (broad SMARTS) is 1. The van der Waals surface area contributed by atoms with E-state index in [-0.39, 0.29) is 11.9 Å². The first-order chi connectivity index (χ1) is 9.99. The summed E-state index contributed by atoms with van der Waals surface area (Å²) >= 11 is 0. The van der Waals surface area contributed by atoms with Gasteiger partial charge in [0.15, 0.2) is 0 Å². The molecular formula is C15H19N3O3. The van der Waals surface area contributed by atoms with Crippen molar-refractivity contribution < 1.29 is 14.7 Å². The van der Waals surface area contributed by atoms with Crippen LogP contribution >= 0.6 is 0 Å². The Morgan fingerprint density at radius 2 is 2.24 bits per heavy atom. The van der Waals surface area contributed by atoms with Crippen molar-refractivity contribution in [2.45, 2.75) is 32.2 Å². The molecule has 0 radical (unpaired) electrons. The third kappa shape index (κ3) is 3.59. The lowest BCUT2D eigenvalue weighted by Gasteiger charge is -2.35. The average Bonchev–Trinajstić information content (AvgIpc) is 2.45. The Balaban J connectivity index is 2.27. The number of nitrogens with two attached hydrogens (primary N) is 1. The van der Waals surface area contributed by atoms with Gasteiger partial charge in [-0.15, -0.1) is 0 Å². The van der Waals surface area contributed by atoms with Crippen LogP contribution in [0.3, 0.4) is 0 Å². The maximum atomic E-state index is 11.6. The minimum absolute atomic E-state index is 0.314. The molecule has 3 N–H and O–H groups in total. The van der Waals surface area contributed by atoms with Gasteiger partial charge in [-0.05, 0) is 49.5 Å². The molecule has 1 atom stereocenters. The van der Waals surface area contributed by atoms with Crippen molar-refractivity contribution in [3.8, 4) is 0 Å². The predicted molar refractivity (Wildman–Crippen MR) is 79.8 cm³/mol. The van der Waals surface area contributed by atoms with Crippen LogP contribution in [0.15, 0.2) is 18.3 Å². The van der Waals surface area contributed by atoms with E-state index in [2.05, 4.69) is 4.98 Å². The number of nitrogens with zero attached hydrogens (tertiary/aromatic N) is 2. The number of carbonyl (C=O) groups excluding carboxylic acids is 1. The van der Waals surface area contributed by atoms with Gasteiger partial charge in [0, 0.05) is 18.8 Å². The van der Waals surface area contributed by atoms with Crippen LogP contribution < -0.4 is 10.6 Å². The maximum absolute atomic E-state index is 11.6. The van der Waals surface area contributed by atoms with Gasteiger partial charge in [0.1, 0.15) is 11.9 Å². The highest BCUT2D eigenvalue weighted by atomic mass is 16.4. The second kappa shape index (κ2) is 6.39. The summed E-state index contributed by atoms with van der Waals surface area (Å²) in [7, 11) is 0. The summed E-state index contributed by atoms with van der Waals surface area (Å²) in [5.41, 5.74) is 7.08. The lowest BCUT2D eigenvalue weighted by atomic mass is 10.0. The van der Waals surface area contributed by atoms with Crippen molar-refractivity contribution in [2.75, 3.05) is 11.4 Å². The van der Waals surface area contributed by atoms with Crippen LogP contribution in [0.2, 0.25) is 0 Å². The molecule has 1 aromatic heterocycles. The molecule has 1 aliphatic rings. The summed E-state index contributed by atoms with van der Waals surface area (Å²) in [6.45, 7) is 2.65. The van der Waals surface area contributed by atoms with Crippen LogP contribution in [-0.4, -0.2) is 34.6 Å². The molecule has 1 aliphatic heterocycles. The van der Waals surface area contributed by atoms with Gasteiger partial charge in [-0.25, -0.2) is 9.78 Å². The summed E-state index contributed by atoms with van der Waals surface area (Å²) < 4.78 is 0.